The van der Waals surface area contributed by atoms with Crippen LogP contribution in [0.2, 0.25) is 24.2 Å². The van der Waals surface area contributed by atoms with Crippen LogP contribution in [-0.4, -0.2) is 16.1 Å². The van der Waals surface area contributed by atoms with E-state index >= 15 is 0 Å². The summed E-state index contributed by atoms with van der Waals surface area (Å²) in [4.78, 5) is 10.6. The van der Waals surface area contributed by atoms with E-state index in [1.165, 1.54) is 137 Å². The Morgan fingerprint density at radius 1 is 0.333 bits per heavy atom. The number of para-hydroxylation sites is 4. The summed E-state index contributed by atoms with van der Waals surface area (Å²) >= 11 is 3.91. The molecule has 6 heterocycles. The Bertz CT molecular complexity index is 2850. The van der Waals surface area contributed by atoms with E-state index in [1.807, 2.05) is 23.5 Å². The second kappa shape index (κ2) is 12.6. The Kier molecular flexibility index (Phi) is 7.27. The SMILES string of the molecule is c1ccc2c(c1)N(c1ccc3c(c1)Sc1ccc4c5c(ccc-3c15)-c1ccc(N3c5ccccc5[Si]5(CCCC5)c5ccccc53)cc1S4)c1ccccc1[Si]21CCCC1. The van der Waals surface area contributed by atoms with Gasteiger partial charge in [-0.1, -0.05) is 146 Å². The summed E-state index contributed by atoms with van der Waals surface area (Å²) in [5.74, 6) is 0. The number of hydrogen-bond acceptors (Lipinski definition) is 4. The fourth-order valence-corrected chi connectivity index (χ4v) is 26.0. The molecule has 2 spiro atoms. The summed E-state index contributed by atoms with van der Waals surface area (Å²) in [6.45, 7) is 0. The van der Waals surface area contributed by atoms with E-state index in [2.05, 4.69) is 168 Å². The van der Waals surface area contributed by atoms with Gasteiger partial charge in [0.25, 0.3) is 0 Å². The summed E-state index contributed by atoms with van der Waals surface area (Å²) in [7, 11) is -3.55. The van der Waals surface area contributed by atoms with Gasteiger partial charge in [0, 0.05) is 64.5 Å². The van der Waals surface area contributed by atoms with Crippen molar-refractivity contribution in [3.63, 3.8) is 0 Å². The van der Waals surface area contributed by atoms with Crippen LogP contribution >= 0.6 is 23.5 Å². The minimum Gasteiger partial charge on any atom is -0.311 e. The van der Waals surface area contributed by atoms with E-state index in [0.717, 1.165) is 0 Å². The van der Waals surface area contributed by atoms with Crippen LogP contribution in [0, 0.1) is 0 Å². The molecule has 2 nitrogen and oxygen atoms in total. The maximum atomic E-state index is 2.58. The lowest BCUT2D eigenvalue weighted by Crippen LogP contribution is -2.60. The molecule has 0 N–H and O–H groups in total. The molecule has 2 fully saturated rings. The van der Waals surface area contributed by atoms with Gasteiger partial charge >= 0.3 is 0 Å². The minimum absolute atomic E-state index is 1.26. The Balaban J connectivity index is 0.869. The van der Waals surface area contributed by atoms with E-state index in [4.69, 9.17) is 0 Å². The molecule has 2 saturated heterocycles. The molecule has 288 valence electrons. The molecule has 0 amide bonds. The third kappa shape index (κ3) is 4.52. The standard InChI is InChI=1S/C54H42N2S2Si2/c1-5-17-49-41(13-1)55(42-14-2-6-18-50(42)59(49)29-9-10-30-59)35-21-23-37-39-25-26-40-38-24-22-36(34-48(38)58-46-28-27-45(53(39)54(40)46)57-47(37)33-35)56-43-15-3-7-19-51(43)60(31-11-12-32-60)52-20-8-4-16-44(52)56/h1-8,13-28,33-34H,9-12,29-32H2. The fraction of sp³-hybridized carbons (Fsp3) is 0.148. The number of anilines is 6. The van der Waals surface area contributed by atoms with Crippen molar-refractivity contribution < 1.29 is 0 Å². The molecule has 0 atom stereocenters. The molecule has 8 aromatic rings. The summed E-state index contributed by atoms with van der Waals surface area (Å²) in [6, 6.07) is 67.2. The van der Waals surface area contributed by atoms with Crippen molar-refractivity contribution in [1.82, 2.24) is 0 Å². The van der Waals surface area contributed by atoms with Crippen molar-refractivity contribution in [3.05, 3.63) is 158 Å². The molecule has 60 heavy (non-hydrogen) atoms. The highest BCUT2D eigenvalue weighted by atomic mass is 32.2. The fourth-order valence-electron chi connectivity index (χ4n) is 12.6. The first-order valence-corrected chi connectivity index (χ1v) is 28.4. The first-order valence-electron chi connectivity index (χ1n) is 21.9. The van der Waals surface area contributed by atoms with Crippen LogP contribution < -0.4 is 30.5 Å². The zero-order chi connectivity index (χ0) is 39.2. The van der Waals surface area contributed by atoms with Crippen LogP contribution in [0.15, 0.2) is 177 Å². The highest BCUT2D eigenvalue weighted by Crippen LogP contribution is 2.57. The average Bonchev–Trinajstić information content (AvgIpc) is 4.00. The lowest BCUT2D eigenvalue weighted by molar-refractivity contribution is 0.935. The average molecular weight is 839 g/mol. The zero-order valence-electron chi connectivity index (χ0n) is 33.4. The first kappa shape index (κ1) is 34.5. The van der Waals surface area contributed by atoms with Gasteiger partial charge in [0.1, 0.15) is 16.1 Å². The van der Waals surface area contributed by atoms with Gasteiger partial charge < -0.3 is 9.80 Å². The summed E-state index contributed by atoms with van der Waals surface area (Å²) in [6.07, 6.45) is 5.42. The summed E-state index contributed by atoms with van der Waals surface area (Å²) in [5, 5.41) is 9.34. The maximum Gasteiger partial charge on any atom is 0.123 e. The molecule has 8 aromatic carbocycles. The van der Waals surface area contributed by atoms with Gasteiger partial charge in [-0.25, -0.2) is 0 Å². The highest BCUT2D eigenvalue weighted by Gasteiger charge is 2.48. The zero-order valence-corrected chi connectivity index (χ0v) is 37.0. The van der Waals surface area contributed by atoms with Crippen molar-refractivity contribution in [2.45, 2.75) is 69.4 Å². The third-order valence-corrected chi connectivity index (χ3v) is 28.0. The Morgan fingerprint density at radius 2 is 0.667 bits per heavy atom. The molecule has 6 aliphatic rings. The number of benzene rings is 8. The van der Waals surface area contributed by atoms with Gasteiger partial charge in [0.2, 0.25) is 0 Å². The van der Waals surface area contributed by atoms with E-state index < -0.39 is 16.1 Å². The molecular weight excluding hydrogens is 797 g/mol. The maximum absolute atomic E-state index is 2.58. The number of fused-ring (bicyclic) bond motifs is 12. The van der Waals surface area contributed by atoms with Gasteiger partial charge in [-0.05, 0) is 128 Å². The van der Waals surface area contributed by atoms with Gasteiger partial charge in [-0.3, -0.25) is 0 Å². The van der Waals surface area contributed by atoms with E-state index in [9.17, 15) is 0 Å². The van der Waals surface area contributed by atoms with Crippen molar-refractivity contribution in [2.75, 3.05) is 9.80 Å². The monoisotopic (exact) mass is 838 g/mol. The molecule has 14 rings (SSSR count). The lowest BCUT2D eigenvalue weighted by Gasteiger charge is -2.43. The highest BCUT2D eigenvalue weighted by molar-refractivity contribution is 8.00. The molecule has 6 aliphatic heterocycles. The summed E-state index contributed by atoms with van der Waals surface area (Å²) < 4.78 is 0. The molecule has 6 heteroatoms. The van der Waals surface area contributed by atoms with E-state index in [-0.39, 0.29) is 0 Å². The largest absolute Gasteiger partial charge is 0.311 e. The van der Waals surface area contributed by atoms with Gasteiger partial charge in [-0.15, -0.1) is 0 Å². The van der Waals surface area contributed by atoms with Crippen LogP contribution in [0.4, 0.5) is 34.1 Å². The van der Waals surface area contributed by atoms with Gasteiger partial charge in [-0.2, -0.15) is 0 Å². The van der Waals surface area contributed by atoms with Crippen molar-refractivity contribution in [2.24, 2.45) is 0 Å². The van der Waals surface area contributed by atoms with Crippen molar-refractivity contribution >= 4 is 105 Å². The van der Waals surface area contributed by atoms with Gasteiger partial charge in [0.15, 0.2) is 0 Å². The van der Waals surface area contributed by atoms with E-state index in [0.29, 0.717) is 0 Å². The number of rotatable bonds is 2. The van der Waals surface area contributed by atoms with Crippen LogP contribution in [0.1, 0.15) is 25.7 Å². The minimum atomic E-state index is -1.77. The molecule has 0 aromatic heterocycles. The molecular formula is C54H42N2S2Si2. The van der Waals surface area contributed by atoms with Gasteiger partial charge in [0.05, 0.1) is 0 Å². The normalized spacial score (nSPS) is 17.9. The molecule has 0 unspecified atom stereocenters. The predicted molar refractivity (Wildman–Crippen MR) is 260 cm³/mol. The van der Waals surface area contributed by atoms with Crippen molar-refractivity contribution in [1.29, 1.82) is 0 Å². The Hall–Kier alpha value is -5.25. The number of hydrogen-bond donors (Lipinski definition) is 0. The first-order chi connectivity index (χ1) is 29.7. The number of nitrogens with zero attached hydrogens (tertiary/aromatic N) is 2. The molecule has 0 radical (unpaired) electrons. The predicted octanol–water partition coefficient (Wildman–Crippen LogP) is 13.4. The Labute approximate surface area is 362 Å². The molecule has 0 saturated carbocycles. The topological polar surface area (TPSA) is 6.48 Å². The van der Waals surface area contributed by atoms with Crippen molar-refractivity contribution in [3.8, 4) is 22.3 Å². The quantitative estimate of drug-likeness (QED) is 0.160. The summed E-state index contributed by atoms with van der Waals surface area (Å²) in [5.41, 5.74) is 13.5. The van der Waals surface area contributed by atoms with E-state index in [1.54, 1.807) is 20.7 Å². The van der Waals surface area contributed by atoms with Crippen LogP contribution in [0.3, 0.4) is 0 Å². The van der Waals surface area contributed by atoms with Crippen LogP contribution in [0.25, 0.3) is 33.0 Å². The molecule has 0 aliphatic carbocycles. The lowest BCUT2D eigenvalue weighted by atomic mass is 9.91. The van der Waals surface area contributed by atoms with Crippen LogP contribution in [-0.2, 0) is 0 Å². The second-order valence-electron chi connectivity index (χ2n) is 17.9. The third-order valence-electron chi connectivity index (χ3n) is 15.1. The smallest absolute Gasteiger partial charge is 0.123 e. The second-order valence-corrected chi connectivity index (χ2v) is 28.5. The van der Waals surface area contributed by atoms with Crippen LogP contribution in [0.5, 0.6) is 0 Å². The Morgan fingerprint density at radius 3 is 1.03 bits per heavy atom. The molecule has 0 bridgehead atoms.